The minimum Gasteiger partial charge on any atom is -0.504 e. The summed E-state index contributed by atoms with van der Waals surface area (Å²) in [4.78, 5) is 36.9. The largest absolute Gasteiger partial charge is 0.504 e. The lowest BCUT2D eigenvalue weighted by molar-refractivity contribution is -0.386. The van der Waals surface area contributed by atoms with Crippen LogP contribution in [-0.2, 0) is 0 Å². The molecule has 2 aromatic rings. The number of allylic oxidation sites excluding steroid dienone is 1. The van der Waals surface area contributed by atoms with Crippen molar-refractivity contribution in [2.24, 2.45) is 0 Å². The van der Waals surface area contributed by atoms with Gasteiger partial charge in [-0.3, -0.25) is 14.9 Å². The zero-order valence-corrected chi connectivity index (χ0v) is 11.8. The first-order valence-corrected chi connectivity index (χ1v) is 6.25. The van der Waals surface area contributed by atoms with Crippen LogP contribution in [0, 0.1) is 21.4 Å². The van der Waals surface area contributed by atoms with Gasteiger partial charge in [-0.1, -0.05) is 0 Å². The number of carbonyl (C=O) groups is 1. The Labute approximate surface area is 133 Å². The van der Waals surface area contributed by atoms with Crippen molar-refractivity contribution in [3.8, 4) is 17.6 Å². The monoisotopic (exact) mass is 328 g/mol. The highest BCUT2D eigenvalue weighted by molar-refractivity contribution is 6.03. The van der Waals surface area contributed by atoms with Gasteiger partial charge >= 0.3 is 11.4 Å². The molecule has 0 spiro atoms. The van der Waals surface area contributed by atoms with E-state index in [0.29, 0.717) is 4.57 Å². The number of benzene rings is 1. The number of phenols is 2. The number of nitro benzene ring substituents is 1. The summed E-state index contributed by atoms with van der Waals surface area (Å²) in [5.41, 5.74) is -2.31. The molecule has 0 unspecified atom stereocenters. The van der Waals surface area contributed by atoms with Crippen molar-refractivity contribution in [2.75, 3.05) is 0 Å². The predicted molar refractivity (Wildman–Crippen MR) is 79.1 cm³/mol. The molecule has 120 valence electrons. The summed E-state index contributed by atoms with van der Waals surface area (Å²) < 4.78 is 0.587. The molecular weight excluding hydrogens is 320 g/mol. The molecular formula is C14H8N4O6. The Hall–Kier alpha value is -4.00. The third-order valence-corrected chi connectivity index (χ3v) is 2.88. The number of aromatic hydroxyl groups is 2. The number of hydrogen-bond acceptors (Lipinski definition) is 8. The van der Waals surface area contributed by atoms with E-state index < -0.39 is 39.3 Å². The van der Waals surface area contributed by atoms with Crippen LogP contribution in [0.15, 0.2) is 41.0 Å². The second-order valence-electron chi connectivity index (χ2n) is 4.41. The second kappa shape index (κ2) is 6.41. The Bertz CT molecular complexity index is 970. The zero-order valence-electron chi connectivity index (χ0n) is 11.8. The fourth-order valence-electron chi connectivity index (χ4n) is 1.80. The van der Waals surface area contributed by atoms with Gasteiger partial charge in [0.05, 0.1) is 4.92 Å². The van der Waals surface area contributed by atoms with Crippen molar-refractivity contribution < 1.29 is 19.9 Å². The minimum absolute atomic E-state index is 0.0844. The van der Waals surface area contributed by atoms with Crippen LogP contribution < -0.4 is 5.69 Å². The summed E-state index contributed by atoms with van der Waals surface area (Å²) >= 11 is 0. The summed E-state index contributed by atoms with van der Waals surface area (Å²) in [6.45, 7) is 0. The van der Waals surface area contributed by atoms with Crippen molar-refractivity contribution in [2.45, 2.75) is 0 Å². The number of hydrogen-bond donors (Lipinski definition) is 2. The number of phenolic OH excluding ortho intramolecular Hbond substituents is 2. The van der Waals surface area contributed by atoms with Gasteiger partial charge in [0.15, 0.2) is 5.75 Å². The minimum atomic E-state index is -0.995. The summed E-state index contributed by atoms with van der Waals surface area (Å²) in [5, 5.41) is 38.8. The van der Waals surface area contributed by atoms with Crippen molar-refractivity contribution in [3.63, 3.8) is 0 Å². The molecule has 1 heterocycles. The van der Waals surface area contributed by atoms with Gasteiger partial charge < -0.3 is 10.2 Å². The fraction of sp³-hybridized carbons (Fsp3) is 0. The SMILES string of the molecule is N#C/C(=C\c1cc(O)c(O)c([N+](=O)[O-])c1)C(=O)n1cccnc1=O. The highest BCUT2D eigenvalue weighted by atomic mass is 16.6. The number of rotatable bonds is 3. The molecule has 0 radical (unpaired) electrons. The smallest absolute Gasteiger partial charge is 0.354 e. The van der Waals surface area contributed by atoms with Crippen LogP contribution in [-0.4, -0.2) is 30.6 Å². The van der Waals surface area contributed by atoms with Crippen LogP contribution in [0.5, 0.6) is 11.5 Å². The van der Waals surface area contributed by atoms with Crippen molar-refractivity contribution in [1.29, 1.82) is 5.26 Å². The number of nitriles is 1. The quantitative estimate of drug-likeness (QED) is 0.275. The lowest BCUT2D eigenvalue weighted by Gasteiger charge is -2.03. The molecule has 0 aliphatic carbocycles. The highest BCUT2D eigenvalue weighted by Crippen LogP contribution is 2.36. The maximum atomic E-state index is 12.2. The van der Waals surface area contributed by atoms with Gasteiger partial charge in [0.1, 0.15) is 11.6 Å². The third-order valence-electron chi connectivity index (χ3n) is 2.88. The number of nitrogens with zero attached hydrogens (tertiary/aromatic N) is 4. The van der Waals surface area contributed by atoms with Crippen LogP contribution in [0.1, 0.15) is 10.4 Å². The lowest BCUT2D eigenvalue weighted by atomic mass is 10.1. The predicted octanol–water partition coefficient (Wildman–Crippen LogP) is 0.810. The Morgan fingerprint density at radius 3 is 2.71 bits per heavy atom. The summed E-state index contributed by atoms with van der Waals surface area (Å²) in [6, 6.07) is 4.68. The molecule has 0 aliphatic heterocycles. The summed E-state index contributed by atoms with van der Waals surface area (Å²) in [5.74, 6) is -2.73. The maximum absolute atomic E-state index is 12.2. The Balaban J connectivity index is 2.55. The molecule has 10 nitrogen and oxygen atoms in total. The van der Waals surface area contributed by atoms with Gasteiger partial charge in [-0.15, -0.1) is 0 Å². The first-order chi connectivity index (χ1) is 11.3. The van der Waals surface area contributed by atoms with Crippen LogP contribution in [0.2, 0.25) is 0 Å². The maximum Gasteiger partial charge on any atom is 0.354 e. The standard InChI is InChI=1S/C14H8N4O6/c15-7-9(13(21)17-3-1-2-16-14(17)22)4-8-5-10(18(23)24)12(20)11(19)6-8/h1-6,19-20H/b9-4+. The van der Waals surface area contributed by atoms with Crippen molar-refractivity contribution in [3.05, 3.63) is 62.3 Å². The topological polar surface area (TPSA) is 159 Å². The molecule has 0 saturated carbocycles. The van der Waals surface area contributed by atoms with E-state index in [1.807, 2.05) is 0 Å². The lowest BCUT2D eigenvalue weighted by Crippen LogP contribution is -2.28. The second-order valence-corrected chi connectivity index (χ2v) is 4.41. The molecule has 0 aliphatic rings. The average Bonchev–Trinajstić information content (AvgIpc) is 2.55. The Kier molecular flexibility index (Phi) is 4.37. The molecule has 0 bridgehead atoms. The van der Waals surface area contributed by atoms with E-state index in [1.54, 1.807) is 6.07 Å². The molecule has 0 saturated heterocycles. The van der Waals surface area contributed by atoms with E-state index in [-0.39, 0.29) is 5.56 Å². The summed E-state index contributed by atoms with van der Waals surface area (Å²) in [6.07, 6.45) is 3.22. The molecule has 1 aromatic heterocycles. The van der Waals surface area contributed by atoms with Gasteiger partial charge in [-0.2, -0.15) is 5.26 Å². The average molecular weight is 328 g/mol. The molecule has 10 heteroatoms. The number of aromatic nitrogens is 2. The summed E-state index contributed by atoms with van der Waals surface area (Å²) in [7, 11) is 0. The van der Waals surface area contributed by atoms with Gasteiger partial charge in [0.25, 0.3) is 5.91 Å². The molecule has 1 aromatic carbocycles. The van der Waals surface area contributed by atoms with Crippen molar-refractivity contribution in [1.82, 2.24) is 9.55 Å². The highest BCUT2D eigenvalue weighted by Gasteiger charge is 2.20. The molecule has 0 atom stereocenters. The van der Waals surface area contributed by atoms with Crippen LogP contribution in [0.3, 0.4) is 0 Å². The van der Waals surface area contributed by atoms with E-state index >= 15 is 0 Å². The van der Waals surface area contributed by atoms with E-state index in [0.717, 1.165) is 24.4 Å². The van der Waals surface area contributed by atoms with Crippen LogP contribution in [0.4, 0.5) is 5.69 Å². The molecule has 0 amide bonds. The van der Waals surface area contributed by atoms with E-state index in [4.69, 9.17) is 5.26 Å². The zero-order chi connectivity index (χ0) is 17.9. The van der Waals surface area contributed by atoms with Crippen LogP contribution in [0.25, 0.3) is 6.08 Å². The van der Waals surface area contributed by atoms with Crippen LogP contribution >= 0.6 is 0 Å². The Morgan fingerprint density at radius 1 is 1.42 bits per heavy atom. The Morgan fingerprint density at radius 2 is 2.12 bits per heavy atom. The van der Waals surface area contributed by atoms with Gasteiger partial charge in [0, 0.05) is 18.5 Å². The van der Waals surface area contributed by atoms with E-state index in [1.165, 1.54) is 12.3 Å². The fourth-order valence-corrected chi connectivity index (χ4v) is 1.80. The molecule has 0 fully saturated rings. The van der Waals surface area contributed by atoms with E-state index in [9.17, 15) is 29.9 Å². The normalized spacial score (nSPS) is 10.9. The molecule has 2 N–H and O–H groups in total. The first-order valence-electron chi connectivity index (χ1n) is 6.25. The third kappa shape index (κ3) is 3.09. The number of nitro groups is 1. The molecule has 24 heavy (non-hydrogen) atoms. The van der Waals surface area contributed by atoms with Gasteiger partial charge in [0.2, 0.25) is 5.75 Å². The first kappa shape index (κ1) is 16.4. The molecule has 2 rings (SSSR count). The van der Waals surface area contributed by atoms with E-state index in [2.05, 4.69) is 4.98 Å². The van der Waals surface area contributed by atoms with Gasteiger partial charge in [-0.25, -0.2) is 14.3 Å². The van der Waals surface area contributed by atoms with Crippen molar-refractivity contribution >= 4 is 17.7 Å². The van der Waals surface area contributed by atoms with Gasteiger partial charge in [-0.05, 0) is 23.8 Å². The number of carbonyl (C=O) groups excluding carboxylic acids is 1.